The number of alkyl halides is 1. The quantitative estimate of drug-likeness (QED) is 0.416. The molecule has 0 spiro atoms. The summed E-state index contributed by atoms with van der Waals surface area (Å²) in [5.41, 5.74) is 3.61. The normalized spacial score (nSPS) is 12.7. The van der Waals surface area contributed by atoms with Crippen molar-refractivity contribution in [3.05, 3.63) is 76.9 Å². The summed E-state index contributed by atoms with van der Waals surface area (Å²) in [6, 6.07) is 11.6. The number of fused-ring (bicyclic) bond motifs is 1. The monoisotopic (exact) mass is 522 g/mol. The molecule has 2 N–H and O–H groups in total. The molecule has 1 aliphatic rings. The number of halogens is 1. The SMILES string of the molecule is CN(Cc1ccccc1CCC(=O)NC(CC(=O)O)C(=O)CF)C(=O)COc1cccc2c1C=CCC=C2. The fourth-order valence-corrected chi connectivity index (χ4v) is 4.05. The molecule has 2 aromatic rings. The number of amides is 2. The van der Waals surface area contributed by atoms with Gasteiger partial charge < -0.3 is 20.1 Å². The summed E-state index contributed by atoms with van der Waals surface area (Å²) in [5.74, 6) is -2.44. The number of nitrogens with one attached hydrogen (secondary N) is 1. The predicted octanol–water partition coefficient (Wildman–Crippen LogP) is 3.58. The van der Waals surface area contributed by atoms with Gasteiger partial charge in [-0.05, 0) is 35.6 Å². The highest BCUT2D eigenvalue weighted by Crippen LogP contribution is 2.27. The van der Waals surface area contributed by atoms with Crippen molar-refractivity contribution in [2.75, 3.05) is 20.3 Å². The molecule has 0 aliphatic heterocycles. The van der Waals surface area contributed by atoms with Gasteiger partial charge in [0.1, 0.15) is 18.5 Å². The molecule has 1 aliphatic carbocycles. The number of rotatable bonds is 13. The Balaban J connectivity index is 1.57. The maximum absolute atomic E-state index is 12.8. The zero-order valence-electron chi connectivity index (χ0n) is 21.2. The summed E-state index contributed by atoms with van der Waals surface area (Å²) >= 11 is 0. The first kappa shape index (κ1) is 28.3. The Bertz CT molecular complexity index is 1240. The van der Waals surface area contributed by atoms with E-state index in [4.69, 9.17) is 9.84 Å². The Morgan fingerprint density at radius 2 is 1.79 bits per heavy atom. The largest absolute Gasteiger partial charge is 0.483 e. The molecule has 0 fully saturated rings. The van der Waals surface area contributed by atoms with E-state index in [1.54, 1.807) is 11.9 Å². The van der Waals surface area contributed by atoms with Gasteiger partial charge in [-0.2, -0.15) is 0 Å². The van der Waals surface area contributed by atoms with Crippen molar-refractivity contribution >= 4 is 35.7 Å². The second-order valence-corrected chi connectivity index (χ2v) is 8.92. The van der Waals surface area contributed by atoms with Crippen LogP contribution in [0.15, 0.2) is 54.6 Å². The van der Waals surface area contributed by atoms with Gasteiger partial charge in [-0.15, -0.1) is 0 Å². The van der Waals surface area contributed by atoms with Crippen molar-refractivity contribution < 1.29 is 33.4 Å². The highest BCUT2D eigenvalue weighted by atomic mass is 19.1. The molecule has 0 heterocycles. The second-order valence-electron chi connectivity index (χ2n) is 8.92. The minimum atomic E-state index is -1.41. The molecule has 3 rings (SSSR count). The molecular formula is C29H31FN2O6. The molecule has 2 amide bonds. The van der Waals surface area contributed by atoms with E-state index in [1.807, 2.05) is 60.7 Å². The van der Waals surface area contributed by atoms with E-state index < -0.39 is 36.8 Å². The number of nitrogens with zero attached hydrogens (tertiary/aromatic N) is 1. The van der Waals surface area contributed by atoms with Crippen LogP contribution in [-0.2, 0) is 32.1 Å². The van der Waals surface area contributed by atoms with Gasteiger partial charge in [-0.25, -0.2) is 4.39 Å². The topological polar surface area (TPSA) is 113 Å². The van der Waals surface area contributed by atoms with Crippen LogP contribution in [0.2, 0.25) is 0 Å². The highest BCUT2D eigenvalue weighted by molar-refractivity contribution is 5.92. The van der Waals surface area contributed by atoms with E-state index in [9.17, 15) is 23.6 Å². The maximum Gasteiger partial charge on any atom is 0.305 e. The van der Waals surface area contributed by atoms with Crippen molar-refractivity contribution in [1.82, 2.24) is 10.2 Å². The molecule has 8 nitrogen and oxygen atoms in total. The van der Waals surface area contributed by atoms with Gasteiger partial charge in [-0.3, -0.25) is 19.2 Å². The van der Waals surface area contributed by atoms with Gasteiger partial charge in [0.05, 0.1) is 6.42 Å². The number of carbonyl (C=O) groups excluding carboxylic acids is 3. The van der Waals surface area contributed by atoms with E-state index in [0.717, 1.165) is 28.7 Å². The minimum absolute atomic E-state index is 0.0332. The lowest BCUT2D eigenvalue weighted by atomic mass is 10.0. The molecule has 0 aromatic heterocycles. The number of hydrogen-bond donors (Lipinski definition) is 2. The Kier molecular flexibility index (Phi) is 10.3. The van der Waals surface area contributed by atoms with Crippen molar-refractivity contribution in [3.8, 4) is 5.75 Å². The van der Waals surface area contributed by atoms with Gasteiger partial charge >= 0.3 is 5.97 Å². The summed E-state index contributed by atoms with van der Waals surface area (Å²) in [7, 11) is 1.67. The molecule has 1 unspecified atom stereocenters. The number of carbonyl (C=O) groups is 4. The molecule has 9 heteroatoms. The Labute approximate surface area is 220 Å². The van der Waals surface area contributed by atoms with Crippen LogP contribution >= 0.6 is 0 Å². The van der Waals surface area contributed by atoms with Crippen LogP contribution in [-0.4, -0.2) is 59.9 Å². The number of carboxylic acids is 1. The molecule has 0 saturated heterocycles. The number of likely N-dealkylation sites (N-methyl/N-ethyl adjacent to an activating group) is 1. The smallest absolute Gasteiger partial charge is 0.305 e. The molecule has 1 atom stereocenters. The molecule has 0 radical (unpaired) electrons. The second kappa shape index (κ2) is 13.9. The number of allylic oxidation sites excluding steroid dienone is 2. The van der Waals surface area contributed by atoms with E-state index in [-0.39, 0.29) is 25.5 Å². The maximum atomic E-state index is 12.8. The summed E-state index contributed by atoms with van der Waals surface area (Å²) in [4.78, 5) is 49.3. The van der Waals surface area contributed by atoms with Gasteiger partial charge in [0.25, 0.3) is 5.91 Å². The van der Waals surface area contributed by atoms with Crippen molar-refractivity contribution in [2.45, 2.75) is 38.3 Å². The first-order valence-electron chi connectivity index (χ1n) is 12.3. The van der Waals surface area contributed by atoms with Crippen LogP contribution in [0.1, 0.15) is 41.5 Å². The van der Waals surface area contributed by atoms with Crippen LogP contribution in [0.5, 0.6) is 5.75 Å². The standard InChI is InChI=1S/C29H31FN2O6/c1-32(28(35)19-38-26-13-7-11-21-9-3-2-4-12-23(21)26)18-22-10-6-5-8-20(22)14-15-27(34)31-24(16-29(36)37)25(33)17-30/h3-13,24H,2,14-19H2,1H3,(H,31,34)(H,36,37). The van der Waals surface area contributed by atoms with E-state index in [1.165, 1.54) is 0 Å². The minimum Gasteiger partial charge on any atom is -0.483 e. The fourth-order valence-electron chi connectivity index (χ4n) is 4.05. The number of hydrogen-bond acceptors (Lipinski definition) is 5. The summed E-state index contributed by atoms with van der Waals surface area (Å²) in [6.07, 6.45) is 8.51. The molecule has 38 heavy (non-hydrogen) atoms. The molecular weight excluding hydrogens is 491 g/mol. The van der Waals surface area contributed by atoms with E-state index in [2.05, 4.69) is 11.4 Å². The number of Topliss-reactive ketones (excluding diaryl/α,β-unsaturated/α-hetero) is 1. The van der Waals surface area contributed by atoms with Crippen molar-refractivity contribution in [2.24, 2.45) is 0 Å². The lowest BCUT2D eigenvalue weighted by Gasteiger charge is -2.20. The van der Waals surface area contributed by atoms with Crippen LogP contribution in [0.4, 0.5) is 4.39 Å². The van der Waals surface area contributed by atoms with Gasteiger partial charge in [0, 0.05) is 25.6 Å². The van der Waals surface area contributed by atoms with Crippen LogP contribution < -0.4 is 10.1 Å². The van der Waals surface area contributed by atoms with Crippen molar-refractivity contribution in [3.63, 3.8) is 0 Å². The molecule has 0 saturated carbocycles. The highest BCUT2D eigenvalue weighted by Gasteiger charge is 2.23. The first-order valence-corrected chi connectivity index (χ1v) is 12.3. The number of carboxylic acid groups (broad SMARTS) is 1. The average Bonchev–Trinajstić information content (AvgIpc) is 3.16. The van der Waals surface area contributed by atoms with Gasteiger partial charge in [0.15, 0.2) is 12.4 Å². The zero-order valence-corrected chi connectivity index (χ0v) is 21.2. The Hall–Kier alpha value is -4.27. The number of aliphatic carboxylic acids is 1. The fraction of sp³-hybridized carbons (Fsp3) is 0.310. The van der Waals surface area contributed by atoms with E-state index >= 15 is 0 Å². The van der Waals surface area contributed by atoms with Crippen molar-refractivity contribution in [1.29, 1.82) is 0 Å². The Morgan fingerprint density at radius 1 is 1.05 bits per heavy atom. The van der Waals surface area contributed by atoms with Crippen LogP contribution in [0.3, 0.4) is 0 Å². The lowest BCUT2D eigenvalue weighted by Crippen LogP contribution is -2.43. The van der Waals surface area contributed by atoms with Gasteiger partial charge in [-0.1, -0.05) is 60.7 Å². The number of benzene rings is 2. The number of aryl methyl sites for hydroxylation is 1. The summed E-state index contributed by atoms with van der Waals surface area (Å²) in [5, 5.41) is 11.2. The average molecular weight is 523 g/mol. The van der Waals surface area contributed by atoms with Gasteiger partial charge in [0.2, 0.25) is 5.91 Å². The third-order valence-electron chi connectivity index (χ3n) is 6.11. The number of ketones is 1. The molecule has 2 aromatic carbocycles. The number of ether oxygens (including phenoxy) is 1. The zero-order chi connectivity index (χ0) is 27.5. The molecule has 200 valence electrons. The van der Waals surface area contributed by atoms with E-state index in [0.29, 0.717) is 12.2 Å². The molecule has 0 bridgehead atoms. The first-order chi connectivity index (χ1) is 18.3. The Morgan fingerprint density at radius 3 is 2.53 bits per heavy atom. The van der Waals surface area contributed by atoms with Crippen LogP contribution in [0.25, 0.3) is 12.2 Å². The third kappa shape index (κ3) is 8.12. The summed E-state index contributed by atoms with van der Waals surface area (Å²) < 4.78 is 18.6. The van der Waals surface area contributed by atoms with Crippen LogP contribution in [0, 0.1) is 0 Å². The lowest BCUT2D eigenvalue weighted by molar-refractivity contribution is -0.140. The third-order valence-corrected chi connectivity index (χ3v) is 6.11. The summed E-state index contributed by atoms with van der Waals surface area (Å²) in [6.45, 7) is -1.20. The predicted molar refractivity (Wildman–Crippen MR) is 141 cm³/mol.